The molecule has 3 nitrogen and oxygen atoms in total. The number of carbonyl (C=O) groups excluding carboxylic acids is 1. The quantitative estimate of drug-likeness (QED) is 0.545. The van der Waals surface area contributed by atoms with Gasteiger partial charge in [0.15, 0.2) is 0 Å². The summed E-state index contributed by atoms with van der Waals surface area (Å²) in [5.41, 5.74) is 2.21. The van der Waals surface area contributed by atoms with Crippen molar-refractivity contribution in [1.29, 1.82) is 0 Å². The Morgan fingerprint density at radius 1 is 1.35 bits per heavy atom. The van der Waals surface area contributed by atoms with E-state index in [-0.39, 0.29) is 5.92 Å². The predicted molar refractivity (Wildman–Crippen MR) is 94.6 cm³/mol. The highest BCUT2D eigenvalue weighted by Gasteiger charge is 2.29. The van der Waals surface area contributed by atoms with Gasteiger partial charge in [0, 0.05) is 35.1 Å². The maximum absolute atomic E-state index is 11.8. The summed E-state index contributed by atoms with van der Waals surface area (Å²) in [5.74, 6) is 1.98. The Hall–Kier alpha value is -1.39. The summed E-state index contributed by atoms with van der Waals surface area (Å²) in [6, 6.07) is 8.02. The first-order chi connectivity index (χ1) is 11.2. The maximum Gasteiger partial charge on any atom is 0.136 e. The molecule has 0 amide bonds. The lowest BCUT2D eigenvalue weighted by atomic mass is 10.0. The number of nitrogens with zero attached hydrogens (tertiary/aromatic N) is 1. The van der Waals surface area contributed by atoms with Crippen LogP contribution in [0.25, 0.3) is 10.6 Å². The highest BCUT2D eigenvalue weighted by Crippen LogP contribution is 2.36. The second kappa shape index (κ2) is 7.45. The smallest absolute Gasteiger partial charge is 0.136 e. The molecule has 0 fully saturated rings. The van der Waals surface area contributed by atoms with Gasteiger partial charge in [-0.3, -0.25) is 4.79 Å². The molecule has 1 aromatic heterocycles. The van der Waals surface area contributed by atoms with Crippen LogP contribution < -0.4 is 4.74 Å². The summed E-state index contributed by atoms with van der Waals surface area (Å²) in [6.45, 7) is 2.58. The Morgan fingerprint density at radius 2 is 2.13 bits per heavy atom. The van der Waals surface area contributed by atoms with Crippen molar-refractivity contribution >= 4 is 28.7 Å². The average molecular weight is 350 g/mol. The molecular formula is C18H20ClNO2S. The molecule has 0 radical (unpaired) electrons. The predicted octanol–water partition coefficient (Wildman–Crippen LogP) is 4.51. The number of hydrogen-bond donors (Lipinski definition) is 0. The summed E-state index contributed by atoms with van der Waals surface area (Å²) in [4.78, 5) is 17.8. The molecule has 1 atom stereocenters. The first-order valence-corrected chi connectivity index (χ1v) is 9.36. The molecule has 0 bridgehead atoms. The zero-order chi connectivity index (χ0) is 16.2. The standard InChI is InChI=1S/C18H20ClNO2S/c1-2-16(21)13-10-15-17(11-13)23-18(20-15)12-4-6-14(7-5-12)22-9-3-8-19/h4-7,13H,2-3,8-11H2,1H3. The van der Waals surface area contributed by atoms with Gasteiger partial charge >= 0.3 is 0 Å². The Morgan fingerprint density at radius 3 is 2.78 bits per heavy atom. The second-order valence-electron chi connectivity index (χ2n) is 5.73. The van der Waals surface area contributed by atoms with E-state index in [0.29, 0.717) is 24.7 Å². The molecule has 122 valence electrons. The van der Waals surface area contributed by atoms with E-state index >= 15 is 0 Å². The highest BCUT2D eigenvalue weighted by molar-refractivity contribution is 7.15. The number of hydrogen-bond acceptors (Lipinski definition) is 4. The summed E-state index contributed by atoms with van der Waals surface area (Å²) in [7, 11) is 0. The van der Waals surface area contributed by atoms with Gasteiger partial charge in [0.05, 0.1) is 12.3 Å². The monoisotopic (exact) mass is 349 g/mol. The molecule has 0 aliphatic heterocycles. The third-order valence-electron chi connectivity index (χ3n) is 4.10. The number of thiazole rings is 1. The van der Waals surface area contributed by atoms with Crippen molar-refractivity contribution in [3.05, 3.63) is 34.8 Å². The fraction of sp³-hybridized carbons (Fsp3) is 0.444. The highest BCUT2D eigenvalue weighted by atomic mass is 35.5. The number of ether oxygens (including phenoxy) is 1. The van der Waals surface area contributed by atoms with Gasteiger partial charge in [-0.15, -0.1) is 22.9 Å². The maximum atomic E-state index is 11.8. The van der Waals surface area contributed by atoms with Gasteiger partial charge in [-0.1, -0.05) is 6.92 Å². The molecule has 3 rings (SSSR count). The molecule has 0 N–H and O–H groups in total. The molecule has 1 aliphatic carbocycles. The van der Waals surface area contributed by atoms with Gasteiger partial charge in [-0.25, -0.2) is 4.98 Å². The van der Waals surface area contributed by atoms with Crippen LogP contribution >= 0.6 is 22.9 Å². The van der Waals surface area contributed by atoms with Crippen LogP contribution in [0.5, 0.6) is 5.75 Å². The molecule has 5 heteroatoms. The van der Waals surface area contributed by atoms with E-state index in [1.54, 1.807) is 11.3 Å². The van der Waals surface area contributed by atoms with Crippen LogP contribution in [-0.2, 0) is 17.6 Å². The van der Waals surface area contributed by atoms with E-state index < -0.39 is 0 Å². The van der Waals surface area contributed by atoms with Crippen LogP contribution in [0.1, 0.15) is 30.3 Å². The minimum atomic E-state index is 0.153. The Bertz CT molecular complexity index is 657. The van der Waals surface area contributed by atoms with Crippen molar-refractivity contribution in [3.63, 3.8) is 0 Å². The summed E-state index contributed by atoms with van der Waals surface area (Å²) in [5, 5.41) is 1.03. The SMILES string of the molecule is CCC(=O)C1Cc2nc(-c3ccc(OCCCCl)cc3)sc2C1. The molecule has 1 unspecified atom stereocenters. The molecule has 2 aromatic rings. The van der Waals surface area contributed by atoms with Crippen LogP contribution in [0.3, 0.4) is 0 Å². The summed E-state index contributed by atoms with van der Waals surface area (Å²) < 4.78 is 5.61. The van der Waals surface area contributed by atoms with Crippen molar-refractivity contribution in [3.8, 4) is 16.3 Å². The van der Waals surface area contributed by atoms with Gasteiger partial charge in [0.1, 0.15) is 16.5 Å². The van der Waals surface area contributed by atoms with Gasteiger partial charge in [-0.05, 0) is 37.1 Å². The van der Waals surface area contributed by atoms with Crippen LogP contribution in [0.2, 0.25) is 0 Å². The Balaban J connectivity index is 1.67. The largest absolute Gasteiger partial charge is 0.494 e. The molecule has 1 heterocycles. The molecule has 1 aliphatic rings. The van der Waals surface area contributed by atoms with Gasteiger partial charge in [0.25, 0.3) is 0 Å². The van der Waals surface area contributed by atoms with E-state index in [1.165, 1.54) is 4.88 Å². The molecule has 0 spiro atoms. The van der Waals surface area contributed by atoms with Crippen LogP contribution in [0.15, 0.2) is 24.3 Å². The Kier molecular flexibility index (Phi) is 5.34. The van der Waals surface area contributed by atoms with E-state index in [0.717, 1.165) is 41.3 Å². The number of carbonyl (C=O) groups is 1. The number of ketones is 1. The lowest BCUT2D eigenvalue weighted by Crippen LogP contribution is -2.13. The third kappa shape index (κ3) is 3.75. The van der Waals surface area contributed by atoms with Crippen molar-refractivity contribution in [1.82, 2.24) is 4.98 Å². The number of Topliss-reactive ketones (excluding diaryl/α,β-unsaturated/α-hetero) is 1. The third-order valence-corrected chi connectivity index (χ3v) is 5.54. The number of benzene rings is 1. The fourth-order valence-corrected chi connectivity index (χ4v) is 4.09. The minimum Gasteiger partial charge on any atom is -0.494 e. The van der Waals surface area contributed by atoms with E-state index in [4.69, 9.17) is 21.3 Å². The number of aromatic nitrogens is 1. The van der Waals surface area contributed by atoms with E-state index in [1.807, 2.05) is 31.2 Å². The minimum absolute atomic E-state index is 0.153. The topological polar surface area (TPSA) is 39.2 Å². The zero-order valence-corrected chi connectivity index (χ0v) is 14.8. The molecular weight excluding hydrogens is 330 g/mol. The first kappa shape index (κ1) is 16.5. The molecule has 0 saturated carbocycles. The van der Waals surface area contributed by atoms with Crippen LogP contribution in [0, 0.1) is 5.92 Å². The first-order valence-electron chi connectivity index (χ1n) is 8.01. The van der Waals surface area contributed by atoms with E-state index in [9.17, 15) is 4.79 Å². The van der Waals surface area contributed by atoms with Crippen molar-refractivity contribution in [2.75, 3.05) is 12.5 Å². The lowest BCUT2D eigenvalue weighted by molar-refractivity contribution is -0.122. The molecule has 0 saturated heterocycles. The van der Waals surface area contributed by atoms with Crippen molar-refractivity contribution in [2.45, 2.75) is 32.6 Å². The van der Waals surface area contributed by atoms with Gasteiger partial charge in [0.2, 0.25) is 0 Å². The molecule has 1 aromatic carbocycles. The Labute approximate surface area is 145 Å². The normalized spacial score (nSPS) is 16.3. The van der Waals surface area contributed by atoms with E-state index in [2.05, 4.69) is 0 Å². The summed E-state index contributed by atoms with van der Waals surface area (Å²) in [6.07, 6.45) is 3.13. The van der Waals surface area contributed by atoms with Crippen molar-refractivity contribution in [2.24, 2.45) is 5.92 Å². The number of alkyl halides is 1. The van der Waals surface area contributed by atoms with Crippen LogP contribution in [-0.4, -0.2) is 23.3 Å². The number of halogens is 1. The second-order valence-corrected chi connectivity index (χ2v) is 7.19. The fourth-order valence-electron chi connectivity index (χ4n) is 2.81. The molecule has 23 heavy (non-hydrogen) atoms. The number of fused-ring (bicyclic) bond motifs is 1. The van der Waals surface area contributed by atoms with Crippen molar-refractivity contribution < 1.29 is 9.53 Å². The zero-order valence-electron chi connectivity index (χ0n) is 13.2. The summed E-state index contributed by atoms with van der Waals surface area (Å²) >= 11 is 7.35. The number of rotatable bonds is 7. The lowest BCUT2D eigenvalue weighted by Gasteiger charge is -2.06. The van der Waals surface area contributed by atoms with Gasteiger partial charge in [-0.2, -0.15) is 0 Å². The average Bonchev–Trinajstić information content (AvgIpc) is 3.14. The van der Waals surface area contributed by atoms with Crippen LogP contribution in [0.4, 0.5) is 0 Å². The van der Waals surface area contributed by atoms with Gasteiger partial charge < -0.3 is 4.74 Å².